The van der Waals surface area contributed by atoms with Gasteiger partial charge in [0.25, 0.3) is 5.56 Å². The van der Waals surface area contributed by atoms with Gasteiger partial charge in [-0.25, -0.2) is 4.79 Å². The summed E-state index contributed by atoms with van der Waals surface area (Å²) < 4.78 is 1.99. The average molecular weight is 323 g/mol. The van der Waals surface area contributed by atoms with Crippen LogP contribution in [0.2, 0.25) is 0 Å². The number of hydrogen-bond donors (Lipinski definition) is 1. The topological polar surface area (TPSA) is 71.9 Å². The molecule has 2 rings (SSSR count). The lowest BCUT2D eigenvalue weighted by molar-refractivity contribution is 0.0970. The highest BCUT2D eigenvalue weighted by atomic mass is 79.9. The van der Waals surface area contributed by atoms with Gasteiger partial charge in [-0.2, -0.15) is 0 Å². The molecule has 19 heavy (non-hydrogen) atoms. The third-order valence-corrected chi connectivity index (χ3v) is 3.14. The van der Waals surface area contributed by atoms with Gasteiger partial charge >= 0.3 is 5.69 Å². The van der Waals surface area contributed by atoms with E-state index < -0.39 is 11.2 Å². The first-order valence-electron chi connectivity index (χ1n) is 5.56. The van der Waals surface area contributed by atoms with Gasteiger partial charge in [0.15, 0.2) is 5.78 Å². The first kappa shape index (κ1) is 13.5. The average Bonchev–Trinajstić information content (AvgIpc) is 2.36. The number of H-pyrrole nitrogens is 1. The summed E-state index contributed by atoms with van der Waals surface area (Å²) >= 11 is 3.28. The van der Waals surface area contributed by atoms with Crippen LogP contribution < -0.4 is 11.2 Å². The van der Waals surface area contributed by atoms with Gasteiger partial charge in [0.2, 0.25) is 0 Å². The maximum Gasteiger partial charge on any atom is 0.328 e. The molecule has 2 aromatic rings. The molecule has 98 valence electrons. The zero-order valence-electron chi connectivity index (χ0n) is 10.1. The number of Topliss-reactive ketones (excluding diaryl/α,β-unsaturated/α-hetero) is 1. The molecule has 0 radical (unpaired) electrons. The third kappa shape index (κ3) is 3.08. The SMILES string of the molecule is Cc1cn(CC(=O)c2cccc(Br)c2)c(=O)[nH]c1=O. The molecule has 0 bridgehead atoms. The lowest BCUT2D eigenvalue weighted by atomic mass is 10.1. The first-order chi connectivity index (χ1) is 8.97. The Bertz CT molecular complexity index is 746. The van der Waals surface area contributed by atoms with E-state index in [9.17, 15) is 14.4 Å². The van der Waals surface area contributed by atoms with Crippen LogP contribution in [-0.4, -0.2) is 15.3 Å². The van der Waals surface area contributed by atoms with Crippen LogP contribution in [0.5, 0.6) is 0 Å². The Hall–Kier alpha value is -1.95. The van der Waals surface area contributed by atoms with E-state index in [0.29, 0.717) is 11.1 Å². The van der Waals surface area contributed by atoms with Gasteiger partial charge in [0.1, 0.15) is 0 Å². The van der Waals surface area contributed by atoms with Crippen molar-refractivity contribution in [1.29, 1.82) is 0 Å². The second kappa shape index (κ2) is 5.36. The molecule has 1 aromatic heterocycles. The number of halogens is 1. The van der Waals surface area contributed by atoms with E-state index in [2.05, 4.69) is 20.9 Å². The molecule has 5 nitrogen and oxygen atoms in total. The maximum atomic E-state index is 12.0. The lowest BCUT2D eigenvalue weighted by Crippen LogP contribution is -2.32. The molecule has 1 N–H and O–H groups in total. The van der Waals surface area contributed by atoms with Crippen molar-refractivity contribution in [3.05, 3.63) is 66.9 Å². The number of carbonyl (C=O) groups excluding carboxylic acids is 1. The predicted octanol–water partition coefficient (Wildman–Crippen LogP) is 1.49. The molecule has 0 saturated heterocycles. The number of carbonyl (C=O) groups is 1. The molecular weight excluding hydrogens is 312 g/mol. The Labute approximate surface area is 117 Å². The second-order valence-electron chi connectivity index (χ2n) is 4.13. The summed E-state index contributed by atoms with van der Waals surface area (Å²) in [5, 5.41) is 0. The molecule has 0 atom stereocenters. The number of aromatic amines is 1. The fraction of sp³-hybridized carbons (Fsp3) is 0.154. The molecular formula is C13H11BrN2O3. The second-order valence-corrected chi connectivity index (χ2v) is 5.05. The highest BCUT2D eigenvalue weighted by Crippen LogP contribution is 2.12. The van der Waals surface area contributed by atoms with Crippen LogP contribution in [0.4, 0.5) is 0 Å². The fourth-order valence-corrected chi connectivity index (χ4v) is 2.04. The summed E-state index contributed by atoms with van der Waals surface area (Å²) in [6.45, 7) is 1.48. The van der Waals surface area contributed by atoms with Crippen LogP contribution in [0.15, 0.2) is 44.5 Å². The van der Waals surface area contributed by atoms with Gasteiger partial charge in [-0.05, 0) is 19.1 Å². The largest absolute Gasteiger partial charge is 0.328 e. The van der Waals surface area contributed by atoms with Gasteiger partial charge in [-0.1, -0.05) is 28.1 Å². The molecule has 1 heterocycles. The van der Waals surface area contributed by atoms with Crippen molar-refractivity contribution in [3.63, 3.8) is 0 Å². The van der Waals surface area contributed by atoms with Gasteiger partial charge < -0.3 is 0 Å². The van der Waals surface area contributed by atoms with E-state index in [-0.39, 0.29) is 12.3 Å². The smallest absolute Gasteiger partial charge is 0.293 e. The highest BCUT2D eigenvalue weighted by molar-refractivity contribution is 9.10. The van der Waals surface area contributed by atoms with E-state index in [1.165, 1.54) is 10.8 Å². The summed E-state index contributed by atoms with van der Waals surface area (Å²) in [7, 11) is 0. The minimum Gasteiger partial charge on any atom is -0.293 e. The monoisotopic (exact) mass is 322 g/mol. The zero-order chi connectivity index (χ0) is 14.0. The molecule has 0 aliphatic carbocycles. The summed E-state index contributed by atoms with van der Waals surface area (Å²) in [4.78, 5) is 37.0. The van der Waals surface area contributed by atoms with Crippen molar-refractivity contribution >= 4 is 21.7 Å². The predicted molar refractivity (Wildman–Crippen MR) is 74.5 cm³/mol. The minimum absolute atomic E-state index is 0.104. The quantitative estimate of drug-likeness (QED) is 0.870. The number of hydrogen-bond acceptors (Lipinski definition) is 3. The fourth-order valence-electron chi connectivity index (χ4n) is 1.64. The molecule has 0 unspecified atom stereocenters. The van der Waals surface area contributed by atoms with Crippen molar-refractivity contribution in [3.8, 4) is 0 Å². The minimum atomic E-state index is -0.584. The molecule has 0 spiro atoms. The third-order valence-electron chi connectivity index (χ3n) is 2.65. The summed E-state index contributed by atoms with van der Waals surface area (Å²) in [6, 6.07) is 6.92. The molecule has 1 aromatic carbocycles. The normalized spacial score (nSPS) is 10.4. The molecule has 0 fully saturated rings. The maximum absolute atomic E-state index is 12.0. The van der Waals surface area contributed by atoms with E-state index in [4.69, 9.17) is 0 Å². The van der Waals surface area contributed by atoms with Crippen LogP contribution in [0.25, 0.3) is 0 Å². The molecule has 0 aliphatic rings. The number of rotatable bonds is 3. The van der Waals surface area contributed by atoms with Crippen molar-refractivity contribution in [1.82, 2.24) is 9.55 Å². The standard InChI is InChI=1S/C13H11BrN2O3/c1-8-6-16(13(19)15-12(8)18)7-11(17)9-3-2-4-10(14)5-9/h2-6H,7H2,1H3,(H,15,18,19). The Morgan fingerprint density at radius 1 is 1.37 bits per heavy atom. The van der Waals surface area contributed by atoms with Crippen molar-refractivity contribution in [2.45, 2.75) is 13.5 Å². The zero-order valence-corrected chi connectivity index (χ0v) is 11.7. The van der Waals surface area contributed by atoms with Crippen molar-refractivity contribution < 1.29 is 4.79 Å². The summed E-state index contributed by atoms with van der Waals surface area (Å²) in [5.41, 5.74) is -0.123. The van der Waals surface area contributed by atoms with Gasteiger partial charge in [-0.3, -0.25) is 19.1 Å². The number of aromatic nitrogens is 2. The molecule has 6 heteroatoms. The molecule has 0 amide bonds. The number of nitrogens with zero attached hydrogens (tertiary/aromatic N) is 1. The highest BCUT2D eigenvalue weighted by Gasteiger charge is 2.09. The summed E-state index contributed by atoms with van der Waals surface area (Å²) in [6.07, 6.45) is 1.39. The van der Waals surface area contributed by atoms with Crippen LogP contribution in [-0.2, 0) is 6.54 Å². The number of aryl methyl sites for hydroxylation is 1. The Morgan fingerprint density at radius 3 is 2.79 bits per heavy atom. The Balaban J connectivity index is 2.32. The van der Waals surface area contributed by atoms with Gasteiger partial charge in [0.05, 0.1) is 6.54 Å². The Morgan fingerprint density at radius 2 is 2.11 bits per heavy atom. The lowest BCUT2D eigenvalue weighted by Gasteiger charge is -2.05. The van der Waals surface area contributed by atoms with E-state index in [0.717, 1.165) is 4.47 Å². The van der Waals surface area contributed by atoms with Crippen molar-refractivity contribution in [2.24, 2.45) is 0 Å². The first-order valence-corrected chi connectivity index (χ1v) is 6.36. The van der Waals surface area contributed by atoms with Crippen LogP contribution >= 0.6 is 15.9 Å². The molecule has 0 saturated carbocycles. The van der Waals surface area contributed by atoms with E-state index in [1.54, 1.807) is 25.1 Å². The summed E-state index contributed by atoms with van der Waals surface area (Å²) in [5.74, 6) is -0.199. The van der Waals surface area contributed by atoms with Crippen LogP contribution in [0, 0.1) is 6.92 Å². The number of benzene rings is 1. The van der Waals surface area contributed by atoms with Crippen molar-refractivity contribution in [2.75, 3.05) is 0 Å². The van der Waals surface area contributed by atoms with Gasteiger partial charge in [0, 0.05) is 21.8 Å². The number of nitrogens with one attached hydrogen (secondary N) is 1. The van der Waals surface area contributed by atoms with E-state index in [1.807, 2.05) is 6.07 Å². The van der Waals surface area contributed by atoms with Crippen LogP contribution in [0.1, 0.15) is 15.9 Å². The van der Waals surface area contributed by atoms with E-state index >= 15 is 0 Å². The van der Waals surface area contributed by atoms with Crippen LogP contribution in [0.3, 0.4) is 0 Å². The Kier molecular flexibility index (Phi) is 3.80. The van der Waals surface area contributed by atoms with Gasteiger partial charge in [-0.15, -0.1) is 0 Å². The number of ketones is 1. The molecule has 0 aliphatic heterocycles.